The Morgan fingerprint density at radius 3 is 2.24 bits per heavy atom. The van der Waals surface area contributed by atoms with Gasteiger partial charge in [-0.15, -0.1) is 0 Å². The molecule has 1 amide bonds. The molecular weight excluding hydrogens is 364 g/mol. The van der Waals surface area contributed by atoms with Gasteiger partial charge >= 0.3 is 5.69 Å². The van der Waals surface area contributed by atoms with E-state index in [-0.39, 0.29) is 18.1 Å². The van der Waals surface area contributed by atoms with Crippen LogP contribution < -0.4 is 11.0 Å². The Balaban J connectivity index is 1.46. The molecule has 3 aromatic rings. The lowest BCUT2D eigenvalue weighted by molar-refractivity contribution is -0.121. The van der Waals surface area contributed by atoms with Gasteiger partial charge in [-0.1, -0.05) is 36.4 Å². The molecule has 152 valence electrons. The van der Waals surface area contributed by atoms with Gasteiger partial charge in [0, 0.05) is 19.6 Å². The molecule has 29 heavy (non-hydrogen) atoms. The van der Waals surface area contributed by atoms with Crippen LogP contribution in [-0.4, -0.2) is 33.0 Å². The van der Waals surface area contributed by atoms with E-state index in [0.29, 0.717) is 13.1 Å². The number of carbonyl (C=O) groups excluding carboxylic acids is 1. The summed E-state index contributed by atoms with van der Waals surface area (Å²) in [5.41, 5.74) is 3.91. The Kier molecular flexibility index (Phi) is 5.81. The molecule has 0 atom stereocenters. The quantitative estimate of drug-likeness (QED) is 0.673. The lowest BCUT2D eigenvalue weighted by atomic mass is 10.1. The van der Waals surface area contributed by atoms with E-state index < -0.39 is 0 Å². The number of likely N-dealkylation sites (tertiary alicyclic amines) is 1. The van der Waals surface area contributed by atoms with E-state index in [2.05, 4.69) is 28.4 Å². The maximum atomic E-state index is 12.7. The topological polar surface area (TPSA) is 59.3 Å². The van der Waals surface area contributed by atoms with Crippen LogP contribution in [-0.2, 0) is 31.0 Å². The van der Waals surface area contributed by atoms with Gasteiger partial charge in [0.2, 0.25) is 5.91 Å². The lowest BCUT2D eigenvalue weighted by Gasteiger charge is -2.17. The minimum Gasteiger partial charge on any atom is -0.350 e. The van der Waals surface area contributed by atoms with Crippen LogP contribution in [0.25, 0.3) is 11.0 Å². The highest BCUT2D eigenvalue weighted by molar-refractivity contribution is 5.81. The number of aromatic nitrogens is 2. The van der Waals surface area contributed by atoms with Crippen molar-refractivity contribution < 1.29 is 4.79 Å². The van der Waals surface area contributed by atoms with Crippen LogP contribution in [0.5, 0.6) is 0 Å². The van der Waals surface area contributed by atoms with Crippen LogP contribution in [0.1, 0.15) is 30.9 Å². The number of fused-ring (bicyclic) bond motifs is 1. The van der Waals surface area contributed by atoms with Gasteiger partial charge in [0.05, 0.1) is 11.0 Å². The highest BCUT2D eigenvalue weighted by Gasteiger charge is 2.16. The Labute approximate surface area is 170 Å². The van der Waals surface area contributed by atoms with Crippen molar-refractivity contribution in [2.75, 3.05) is 13.1 Å². The van der Waals surface area contributed by atoms with Crippen molar-refractivity contribution in [3.8, 4) is 0 Å². The first kappa shape index (κ1) is 19.5. The van der Waals surface area contributed by atoms with Crippen molar-refractivity contribution in [1.29, 1.82) is 0 Å². The van der Waals surface area contributed by atoms with Gasteiger partial charge < -0.3 is 5.32 Å². The molecule has 0 radical (unpaired) electrons. The predicted molar refractivity (Wildman–Crippen MR) is 115 cm³/mol. The number of aryl methyl sites for hydroxylation is 1. The van der Waals surface area contributed by atoms with E-state index in [0.717, 1.165) is 36.2 Å². The van der Waals surface area contributed by atoms with E-state index in [9.17, 15) is 9.59 Å². The molecule has 6 heteroatoms. The van der Waals surface area contributed by atoms with Gasteiger partial charge in [-0.2, -0.15) is 0 Å². The number of carbonyl (C=O) groups is 1. The van der Waals surface area contributed by atoms with Crippen molar-refractivity contribution >= 4 is 16.9 Å². The van der Waals surface area contributed by atoms with Crippen LogP contribution in [0.3, 0.4) is 0 Å². The van der Waals surface area contributed by atoms with E-state index in [1.807, 2.05) is 37.3 Å². The molecular formula is C23H28N4O2. The van der Waals surface area contributed by atoms with Crippen LogP contribution in [0.15, 0.2) is 53.3 Å². The fourth-order valence-corrected chi connectivity index (χ4v) is 4.19. The van der Waals surface area contributed by atoms with E-state index in [1.165, 1.54) is 18.4 Å². The number of nitrogens with one attached hydrogen (secondary N) is 1. The fraction of sp³-hybridized carbons (Fsp3) is 0.391. The fourth-order valence-electron chi connectivity index (χ4n) is 4.19. The van der Waals surface area contributed by atoms with Crippen LogP contribution >= 0.6 is 0 Å². The second kappa shape index (κ2) is 8.66. The third-order valence-corrected chi connectivity index (χ3v) is 5.73. The zero-order valence-electron chi connectivity index (χ0n) is 16.9. The molecule has 1 aromatic heterocycles. The van der Waals surface area contributed by atoms with Crippen LogP contribution in [0.4, 0.5) is 0 Å². The van der Waals surface area contributed by atoms with Gasteiger partial charge in [0.1, 0.15) is 6.54 Å². The summed E-state index contributed by atoms with van der Waals surface area (Å²) in [4.78, 5) is 27.8. The van der Waals surface area contributed by atoms with E-state index in [4.69, 9.17) is 0 Å². The molecule has 1 aliphatic rings. The van der Waals surface area contributed by atoms with Crippen molar-refractivity contribution in [3.05, 3.63) is 70.1 Å². The smallest absolute Gasteiger partial charge is 0.329 e. The summed E-state index contributed by atoms with van der Waals surface area (Å²) in [6, 6.07) is 15.9. The molecule has 0 saturated carbocycles. The third kappa shape index (κ3) is 4.12. The highest BCUT2D eigenvalue weighted by atomic mass is 16.2. The molecule has 0 unspecified atom stereocenters. The minimum atomic E-state index is -0.151. The first-order valence-corrected chi connectivity index (χ1v) is 10.4. The molecule has 0 bridgehead atoms. The number of hydrogen-bond donors (Lipinski definition) is 1. The van der Waals surface area contributed by atoms with Crippen molar-refractivity contribution in [2.45, 2.75) is 45.9 Å². The number of benzene rings is 2. The van der Waals surface area contributed by atoms with Crippen molar-refractivity contribution in [3.63, 3.8) is 0 Å². The number of hydrogen-bond acceptors (Lipinski definition) is 3. The van der Waals surface area contributed by atoms with Gasteiger partial charge in [-0.25, -0.2) is 4.79 Å². The number of amides is 1. The summed E-state index contributed by atoms with van der Waals surface area (Å²) in [7, 11) is 0. The van der Waals surface area contributed by atoms with Gasteiger partial charge in [0.15, 0.2) is 0 Å². The summed E-state index contributed by atoms with van der Waals surface area (Å²) >= 11 is 0. The average Bonchev–Trinajstić information content (AvgIpc) is 3.34. The maximum absolute atomic E-state index is 12.7. The Hall–Kier alpha value is -2.86. The monoisotopic (exact) mass is 392 g/mol. The first-order valence-electron chi connectivity index (χ1n) is 10.4. The molecule has 1 saturated heterocycles. The van der Waals surface area contributed by atoms with Crippen molar-refractivity contribution in [2.24, 2.45) is 0 Å². The summed E-state index contributed by atoms with van der Waals surface area (Å²) in [5, 5.41) is 3.01. The van der Waals surface area contributed by atoms with E-state index in [1.54, 1.807) is 9.13 Å². The standard InChI is InChI=1S/C23H28N4O2/c1-2-26-20-11-5-6-12-21(20)27(23(26)29)17-22(28)24-15-18-9-3-4-10-19(18)16-25-13-7-8-14-25/h3-6,9-12H,2,7-8,13-17H2,1H3,(H,24,28). The zero-order chi connectivity index (χ0) is 20.2. The average molecular weight is 393 g/mol. The summed E-state index contributed by atoms with van der Waals surface area (Å²) in [6.07, 6.45) is 2.53. The van der Waals surface area contributed by atoms with E-state index >= 15 is 0 Å². The van der Waals surface area contributed by atoms with Gasteiger partial charge in [0.25, 0.3) is 0 Å². The van der Waals surface area contributed by atoms with Crippen LogP contribution in [0, 0.1) is 0 Å². The SMILES string of the molecule is CCn1c(=O)n(CC(=O)NCc2ccccc2CN2CCCC2)c2ccccc21. The number of imidazole rings is 1. The Bertz CT molecular complexity index is 1060. The molecule has 2 aromatic carbocycles. The Morgan fingerprint density at radius 1 is 0.931 bits per heavy atom. The largest absolute Gasteiger partial charge is 0.350 e. The molecule has 1 N–H and O–H groups in total. The second-order valence-electron chi connectivity index (χ2n) is 7.63. The van der Waals surface area contributed by atoms with Gasteiger partial charge in [-0.3, -0.25) is 18.8 Å². The number of rotatable bonds is 7. The Morgan fingerprint density at radius 2 is 1.55 bits per heavy atom. The molecule has 0 spiro atoms. The normalized spacial score (nSPS) is 14.5. The maximum Gasteiger partial charge on any atom is 0.329 e. The highest BCUT2D eigenvalue weighted by Crippen LogP contribution is 2.16. The molecule has 6 nitrogen and oxygen atoms in total. The minimum absolute atomic E-state index is 0.0284. The number of para-hydroxylation sites is 2. The lowest BCUT2D eigenvalue weighted by Crippen LogP contribution is -2.33. The van der Waals surface area contributed by atoms with Crippen LogP contribution in [0.2, 0.25) is 0 Å². The van der Waals surface area contributed by atoms with Crippen molar-refractivity contribution in [1.82, 2.24) is 19.4 Å². The summed E-state index contributed by atoms with van der Waals surface area (Å²) in [6.45, 7) is 6.24. The second-order valence-corrected chi connectivity index (χ2v) is 7.63. The molecule has 1 fully saturated rings. The molecule has 2 heterocycles. The summed E-state index contributed by atoms with van der Waals surface area (Å²) < 4.78 is 3.26. The predicted octanol–water partition coefficient (Wildman–Crippen LogP) is 2.74. The summed E-state index contributed by atoms with van der Waals surface area (Å²) in [5.74, 6) is -0.151. The third-order valence-electron chi connectivity index (χ3n) is 5.73. The number of nitrogens with zero attached hydrogens (tertiary/aromatic N) is 3. The van der Waals surface area contributed by atoms with Gasteiger partial charge in [-0.05, 0) is 56.1 Å². The molecule has 0 aliphatic carbocycles. The molecule has 4 rings (SSSR count). The first-order chi connectivity index (χ1) is 14.2. The zero-order valence-corrected chi connectivity index (χ0v) is 16.9. The molecule has 1 aliphatic heterocycles.